The van der Waals surface area contributed by atoms with E-state index in [0.29, 0.717) is 25.7 Å². The molecular formula is C25H37N3O5. The summed E-state index contributed by atoms with van der Waals surface area (Å²) < 4.78 is 5.44. The molecule has 8 nitrogen and oxygen atoms in total. The van der Waals surface area contributed by atoms with Crippen LogP contribution in [-0.2, 0) is 25.5 Å². The van der Waals surface area contributed by atoms with Gasteiger partial charge in [0.1, 0.15) is 12.3 Å². The molecule has 1 heterocycles. The van der Waals surface area contributed by atoms with Crippen LogP contribution in [0.2, 0.25) is 0 Å². The van der Waals surface area contributed by atoms with Gasteiger partial charge in [0.15, 0.2) is 0 Å². The van der Waals surface area contributed by atoms with Gasteiger partial charge in [-0.3, -0.25) is 9.59 Å². The second-order valence-corrected chi connectivity index (χ2v) is 9.99. The Kier molecular flexibility index (Phi) is 9.88. The van der Waals surface area contributed by atoms with Crippen LogP contribution >= 0.6 is 0 Å². The molecule has 0 aromatic heterocycles. The number of carbonyl (C=O) groups is 4. The van der Waals surface area contributed by atoms with E-state index in [1.54, 1.807) is 0 Å². The lowest BCUT2D eigenvalue weighted by Crippen LogP contribution is -2.51. The molecule has 3 amide bonds. The number of amides is 3. The predicted octanol–water partition coefficient (Wildman–Crippen LogP) is 2.61. The van der Waals surface area contributed by atoms with Gasteiger partial charge in [-0.05, 0) is 37.2 Å². The molecule has 0 saturated carbocycles. The van der Waals surface area contributed by atoms with Crippen molar-refractivity contribution < 1.29 is 23.9 Å². The Morgan fingerprint density at radius 3 is 2.48 bits per heavy atom. The lowest BCUT2D eigenvalue weighted by Gasteiger charge is -2.26. The van der Waals surface area contributed by atoms with Crippen LogP contribution < -0.4 is 16.0 Å². The minimum atomic E-state index is -0.838. The Morgan fingerprint density at radius 2 is 1.91 bits per heavy atom. The van der Waals surface area contributed by atoms with Gasteiger partial charge in [-0.15, -0.1) is 0 Å². The summed E-state index contributed by atoms with van der Waals surface area (Å²) in [5.41, 5.74) is 0.873. The molecule has 33 heavy (non-hydrogen) atoms. The average Bonchev–Trinajstić information content (AvgIpc) is 3.15. The summed E-state index contributed by atoms with van der Waals surface area (Å²) in [4.78, 5) is 48.6. The summed E-state index contributed by atoms with van der Waals surface area (Å²) in [5.74, 6) is -0.728. The van der Waals surface area contributed by atoms with Crippen molar-refractivity contribution in [1.29, 1.82) is 0 Å². The Bertz CT molecular complexity index is 810. The first-order chi connectivity index (χ1) is 15.6. The van der Waals surface area contributed by atoms with Crippen molar-refractivity contribution in [3.05, 3.63) is 35.9 Å². The highest BCUT2D eigenvalue weighted by molar-refractivity contribution is 5.88. The van der Waals surface area contributed by atoms with Crippen molar-refractivity contribution in [2.75, 3.05) is 13.2 Å². The van der Waals surface area contributed by atoms with E-state index in [1.807, 2.05) is 58.0 Å². The van der Waals surface area contributed by atoms with Gasteiger partial charge in [-0.2, -0.15) is 0 Å². The third-order valence-corrected chi connectivity index (χ3v) is 5.63. The number of alkyl carbamates (subject to hydrolysis) is 1. The molecule has 0 bridgehead atoms. The van der Waals surface area contributed by atoms with E-state index < -0.39 is 24.1 Å². The van der Waals surface area contributed by atoms with Crippen molar-refractivity contribution in [2.24, 2.45) is 17.3 Å². The zero-order chi connectivity index (χ0) is 24.4. The number of rotatable bonds is 12. The van der Waals surface area contributed by atoms with Crippen molar-refractivity contribution >= 4 is 24.2 Å². The van der Waals surface area contributed by atoms with Gasteiger partial charge in [0.05, 0.1) is 12.6 Å². The predicted molar refractivity (Wildman–Crippen MR) is 125 cm³/mol. The number of nitrogens with one attached hydrogen (secondary N) is 3. The molecule has 3 N–H and O–H groups in total. The Labute approximate surface area is 196 Å². The monoisotopic (exact) mass is 459 g/mol. The molecule has 0 aliphatic carbocycles. The zero-order valence-corrected chi connectivity index (χ0v) is 20.1. The summed E-state index contributed by atoms with van der Waals surface area (Å²) in [6.07, 6.45) is 1.98. The Morgan fingerprint density at radius 1 is 1.21 bits per heavy atom. The van der Waals surface area contributed by atoms with Gasteiger partial charge in [-0.1, -0.05) is 58.0 Å². The first-order valence-electron chi connectivity index (χ1n) is 11.6. The highest BCUT2D eigenvalue weighted by Crippen LogP contribution is 2.22. The summed E-state index contributed by atoms with van der Waals surface area (Å²) in [6, 6.07) is 8.34. The summed E-state index contributed by atoms with van der Waals surface area (Å²) in [7, 11) is 0. The van der Waals surface area contributed by atoms with Crippen LogP contribution in [0.25, 0.3) is 0 Å². The van der Waals surface area contributed by atoms with Crippen LogP contribution in [0.3, 0.4) is 0 Å². The maximum absolute atomic E-state index is 12.8. The maximum Gasteiger partial charge on any atom is 0.407 e. The molecule has 1 aliphatic rings. The first kappa shape index (κ1) is 26.4. The van der Waals surface area contributed by atoms with Crippen molar-refractivity contribution in [1.82, 2.24) is 16.0 Å². The molecule has 0 spiro atoms. The molecule has 1 fully saturated rings. The molecule has 182 valence electrons. The number of carbonyl (C=O) groups excluding carboxylic acids is 4. The average molecular weight is 460 g/mol. The second-order valence-electron chi connectivity index (χ2n) is 9.99. The van der Waals surface area contributed by atoms with Crippen LogP contribution in [0.5, 0.6) is 0 Å². The van der Waals surface area contributed by atoms with Crippen LogP contribution in [0.15, 0.2) is 30.3 Å². The summed E-state index contributed by atoms with van der Waals surface area (Å²) in [6.45, 7) is 8.68. The van der Waals surface area contributed by atoms with Gasteiger partial charge >= 0.3 is 6.09 Å². The minimum Gasteiger partial charge on any atom is -0.449 e. The molecule has 0 unspecified atom stereocenters. The Hall–Kier alpha value is -2.90. The number of hydrogen-bond acceptors (Lipinski definition) is 5. The molecule has 3 atom stereocenters. The van der Waals surface area contributed by atoms with Crippen LogP contribution in [0, 0.1) is 17.3 Å². The highest BCUT2D eigenvalue weighted by atomic mass is 16.5. The van der Waals surface area contributed by atoms with Gasteiger partial charge in [0.25, 0.3) is 0 Å². The molecule has 1 aliphatic heterocycles. The van der Waals surface area contributed by atoms with Gasteiger partial charge in [0, 0.05) is 17.9 Å². The molecule has 1 aromatic rings. The number of aldehydes is 1. The zero-order valence-electron chi connectivity index (χ0n) is 20.1. The van der Waals surface area contributed by atoms with E-state index in [0.717, 1.165) is 12.0 Å². The lowest BCUT2D eigenvalue weighted by atomic mass is 9.87. The quantitative estimate of drug-likeness (QED) is 0.416. The second kappa shape index (κ2) is 12.4. The van der Waals surface area contributed by atoms with Crippen molar-refractivity contribution in [3.63, 3.8) is 0 Å². The van der Waals surface area contributed by atoms with E-state index in [4.69, 9.17) is 4.74 Å². The van der Waals surface area contributed by atoms with Crippen LogP contribution in [-0.4, -0.2) is 49.4 Å². The molecular weight excluding hydrogens is 422 g/mol. The van der Waals surface area contributed by atoms with E-state index >= 15 is 0 Å². The molecule has 1 aromatic carbocycles. The topological polar surface area (TPSA) is 114 Å². The van der Waals surface area contributed by atoms with E-state index in [2.05, 4.69) is 16.0 Å². The van der Waals surface area contributed by atoms with Crippen molar-refractivity contribution in [3.8, 4) is 0 Å². The summed E-state index contributed by atoms with van der Waals surface area (Å²) >= 11 is 0. The smallest absolute Gasteiger partial charge is 0.407 e. The maximum atomic E-state index is 12.8. The standard InChI is InChI=1S/C25H37N3O5/c1-17(2)12-21(23(31)27-20(15-29)13-19-10-11-26-22(19)30)28-24(32)33-16-25(3,4)14-18-8-6-5-7-9-18/h5-9,15,17,19-21H,10-14,16H2,1-4H3,(H,26,30)(H,27,31)(H,28,32)/t19-,20-,21-/m0/s1. The highest BCUT2D eigenvalue weighted by Gasteiger charge is 2.30. The number of hydrogen-bond donors (Lipinski definition) is 3. The summed E-state index contributed by atoms with van der Waals surface area (Å²) in [5, 5.41) is 8.05. The molecule has 0 radical (unpaired) electrons. The normalized spacial score (nSPS) is 17.7. The largest absolute Gasteiger partial charge is 0.449 e. The van der Waals surface area contributed by atoms with E-state index in [1.165, 1.54) is 0 Å². The molecule has 8 heteroatoms. The van der Waals surface area contributed by atoms with Crippen LogP contribution in [0.4, 0.5) is 4.79 Å². The third kappa shape index (κ3) is 9.24. The lowest BCUT2D eigenvalue weighted by molar-refractivity contribution is -0.127. The fourth-order valence-corrected chi connectivity index (χ4v) is 3.96. The van der Waals surface area contributed by atoms with Gasteiger partial charge < -0.3 is 25.5 Å². The van der Waals surface area contributed by atoms with Gasteiger partial charge in [0.2, 0.25) is 11.8 Å². The fourth-order valence-electron chi connectivity index (χ4n) is 3.96. The fraction of sp³-hybridized carbons (Fsp3) is 0.600. The number of ether oxygens (including phenoxy) is 1. The van der Waals surface area contributed by atoms with E-state index in [9.17, 15) is 19.2 Å². The van der Waals surface area contributed by atoms with Crippen LogP contribution in [0.1, 0.15) is 52.5 Å². The molecule has 1 saturated heterocycles. The number of benzene rings is 1. The Balaban J connectivity index is 1.90. The molecule has 2 rings (SSSR count). The van der Waals surface area contributed by atoms with Crippen molar-refractivity contribution in [2.45, 2.75) is 65.5 Å². The first-order valence-corrected chi connectivity index (χ1v) is 11.6. The minimum absolute atomic E-state index is 0.102. The third-order valence-electron chi connectivity index (χ3n) is 5.63. The van der Waals surface area contributed by atoms with Gasteiger partial charge in [-0.25, -0.2) is 4.79 Å². The SMILES string of the molecule is CC(C)C[C@H](NC(=O)OCC(C)(C)Cc1ccccc1)C(=O)N[C@H](C=O)C[C@@H]1CCNC1=O. The van der Waals surface area contributed by atoms with E-state index in [-0.39, 0.29) is 36.2 Å².